The van der Waals surface area contributed by atoms with E-state index in [0.29, 0.717) is 6.04 Å². The molecule has 1 unspecified atom stereocenters. The molecule has 1 atom stereocenters. The molecule has 1 aromatic carbocycles. The first-order valence-corrected chi connectivity index (χ1v) is 7.68. The van der Waals surface area contributed by atoms with E-state index in [0.717, 1.165) is 28.6 Å². The second kappa shape index (κ2) is 6.42. The van der Waals surface area contributed by atoms with E-state index < -0.39 is 0 Å². The third kappa shape index (κ3) is 3.96. The minimum absolute atomic E-state index is 0.0903. The zero-order valence-corrected chi connectivity index (χ0v) is 13.1. The Balaban J connectivity index is 1.90. The molecular formula is C15H21BrN2O. The first-order chi connectivity index (χ1) is 9.06. The van der Waals surface area contributed by atoms with E-state index in [9.17, 15) is 4.79 Å². The van der Waals surface area contributed by atoms with Crippen molar-refractivity contribution in [1.82, 2.24) is 5.32 Å². The van der Waals surface area contributed by atoms with Gasteiger partial charge < -0.3 is 10.6 Å². The number of carbonyl (C=O) groups is 1. The normalized spacial score (nSPS) is 17.2. The average molecular weight is 325 g/mol. The summed E-state index contributed by atoms with van der Waals surface area (Å²) in [7, 11) is 0. The minimum atomic E-state index is -0.207. The molecule has 2 rings (SSSR count). The summed E-state index contributed by atoms with van der Waals surface area (Å²) in [5, 5.41) is 6.36. The maximum atomic E-state index is 12.1. The molecular weight excluding hydrogens is 304 g/mol. The van der Waals surface area contributed by atoms with E-state index in [1.165, 1.54) is 12.8 Å². The minimum Gasteiger partial charge on any atom is -0.374 e. The number of hydrogen-bond donors (Lipinski definition) is 2. The van der Waals surface area contributed by atoms with E-state index in [2.05, 4.69) is 26.6 Å². The molecule has 0 heterocycles. The van der Waals surface area contributed by atoms with Crippen molar-refractivity contribution >= 4 is 27.5 Å². The summed E-state index contributed by atoms with van der Waals surface area (Å²) in [6, 6.07) is 6.20. The van der Waals surface area contributed by atoms with E-state index in [1.807, 2.05) is 32.0 Å². The lowest BCUT2D eigenvalue weighted by Crippen LogP contribution is -2.42. The third-order valence-electron chi connectivity index (χ3n) is 3.64. The van der Waals surface area contributed by atoms with Crippen LogP contribution in [0.25, 0.3) is 0 Å². The van der Waals surface area contributed by atoms with Gasteiger partial charge in [-0.1, -0.05) is 28.8 Å². The molecule has 1 saturated carbocycles. The SMILES string of the molecule is Cc1cc(NC(C)C(=O)NC2CCCC2)ccc1Br. The summed E-state index contributed by atoms with van der Waals surface area (Å²) in [4.78, 5) is 12.1. The largest absolute Gasteiger partial charge is 0.374 e. The van der Waals surface area contributed by atoms with Gasteiger partial charge in [-0.25, -0.2) is 0 Å². The van der Waals surface area contributed by atoms with Crippen molar-refractivity contribution < 1.29 is 4.79 Å². The molecule has 0 bridgehead atoms. The monoisotopic (exact) mass is 324 g/mol. The number of hydrogen-bond acceptors (Lipinski definition) is 2. The van der Waals surface area contributed by atoms with Crippen LogP contribution in [0.3, 0.4) is 0 Å². The summed E-state index contributed by atoms with van der Waals surface area (Å²) in [6.07, 6.45) is 4.71. The highest BCUT2D eigenvalue weighted by molar-refractivity contribution is 9.10. The van der Waals surface area contributed by atoms with Crippen molar-refractivity contribution in [3.8, 4) is 0 Å². The van der Waals surface area contributed by atoms with Crippen LogP contribution in [-0.2, 0) is 4.79 Å². The van der Waals surface area contributed by atoms with Gasteiger partial charge in [0, 0.05) is 16.2 Å². The molecule has 2 N–H and O–H groups in total. The third-order valence-corrected chi connectivity index (χ3v) is 4.53. The summed E-state index contributed by atoms with van der Waals surface area (Å²) in [5.74, 6) is 0.0903. The second-order valence-electron chi connectivity index (χ2n) is 5.32. The Kier molecular flexibility index (Phi) is 4.86. The van der Waals surface area contributed by atoms with Crippen molar-refractivity contribution in [2.45, 2.75) is 51.6 Å². The fraction of sp³-hybridized carbons (Fsp3) is 0.533. The van der Waals surface area contributed by atoms with Gasteiger partial charge in [-0.3, -0.25) is 4.79 Å². The first kappa shape index (κ1) is 14.4. The smallest absolute Gasteiger partial charge is 0.242 e. The van der Waals surface area contributed by atoms with Crippen LogP contribution in [0.5, 0.6) is 0 Å². The summed E-state index contributed by atoms with van der Waals surface area (Å²) in [6.45, 7) is 3.94. The molecule has 1 aliphatic rings. The lowest BCUT2D eigenvalue weighted by atomic mass is 10.2. The molecule has 0 radical (unpaired) electrons. The highest BCUT2D eigenvalue weighted by atomic mass is 79.9. The van der Waals surface area contributed by atoms with Crippen LogP contribution in [0.15, 0.2) is 22.7 Å². The number of amides is 1. The highest BCUT2D eigenvalue weighted by Gasteiger charge is 2.20. The van der Waals surface area contributed by atoms with Crippen LogP contribution in [0.2, 0.25) is 0 Å². The van der Waals surface area contributed by atoms with Crippen molar-refractivity contribution in [3.05, 3.63) is 28.2 Å². The van der Waals surface area contributed by atoms with Crippen molar-refractivity contribution in [2.24, 2.45) is 0 Å². The molecule has 1 fully saturated rings. The molecule has 0 spiro atoms. The van der Waals surface area contributed by atoms with Crippen molar-refractivity contribution in [1.29, 1.82) is 0 Å². The second-order valence-corrected chi connectivity index (χ2v) is 6.17. The first-order valence-electron chi connectivity index (χ1n) is 6.89. The molecule has 0 saturated heterocycles. The fourth-order valence-electron chi connectivity index (χ4n) is 2.45. The number of benzene rings is 1. The standard InChI is InChI=1S/C15H21BrN2O/c1-10-9-13(7-8-14(10)16)17-11(2)15(19)18-12-5-3-4-6-12/h7-9,11-12,17H,3-6H2,1-2H3,(H,18,19). The average Bonchev–Trinajstić information content (AvgIpc) is 2.86. The lowest BCUT2D eigenvalue weighted by Gasteiger charge is -2.19. The van der Waals surface area contributed by atoms with E-state index in [-0.39, 0.29) is 11.9 Å². The Hall–Kier alpha value is -1.03. The maximum absolute atomic E-state index is 12.1. The Morgan fingerprint density at radius 3 is 2.68 bits per heavy atom. The molecule has 1 aliphatic carbocycles. The summed E-state index contributed by atoms with van der Waals surface area (Å²) < 4.78 is 1.08. The number of anilines is 1. The van der Waals surface area contributed by atoms with Gasteiger partial charge in [-0.05, 0) is 50.5 Å². The Morgan fingerprint density at radius 2 is 2.05 bits per heavy atom. The van der Waals surface area contributed by atoms with Gasteiger partial charge in [0.05, 0.1) is 0 Å². The Bertz CT molecular complexity index is 455. The summed E-state index contributed by atoms with van der Waals surface area (Å²) in [5.41, 5.74) is 2.14. The van der Waals surface area contributed by atoms with Gasteiger partial charge in [-0.2, -0.15) is 0 Å². The van der Waals surface area contributed by atoms with E-state index in [1.54, 1.807) is 0 Å². The van der Waals surface area contributed by atoms with Crippen LogP contribution in [0.4, 0.5) is 5.69 Å². The molecule has 4 heteroatoms. The van der Waals surface area contributed by atoms with Gasteiger partial charge in [0.15, 0.2) is 0 Å². The van der Waals surface area contributed by atoms with Crippen molar-refractivity contribution in [2.75, 3.05) is 5.32 Å². The number of carbonyl (C=O) groups excluding carboxylic acids is 1. The zero-order valence-electron chi connectivity index (χ0n) is 11.5. The molecule has 0 aliphatic heterocycles. The molecule has 19 heavy (non-hydrogen) atoms. The van der Waals surface area contributed by atoms with Crippen LogP contribution in [0.1, 0.15) is 38.2 Å². The van der Waals surface area contributed by atoms with Crippen molar-refractivity contribution in [3.63, 3.8) is 0 Å². The van der Waals surface area contributed by atoms with E-state index >= 15 is 0 Å². The molecule has 1 amide bonds. The molecule has 0 aromatic heterocycles. The van der Waals surface area contributed by atoms with Gasteiger partial charge in [0.1, 0.15) is 6.04 Å². The molecule has 1 aromatic rings. The maximum Gasteiger partial charge on any atom is 0.242 e. The van der Waals surface area contributed by atoms with Crippen LogP contribution < -0.4 is 10.6 Å². The zero-order chi connectivity index (χ0) is 13.8. The van der Waals surface area contributed by atoms with Crippen LogP contribution >= 0.6 is 15.9 Å². The predicted octanol–water partition coefficient (Wildman–Crippen LogP) is 3.62. The number of rotatable bonds is 4. The Labute approximate surface area is 123 Å². The van der Waals surface area contributed by atoms with Crippen LogP contribution in [-0.4, -0.2) is 18.0 Å². The highest BCUT2D eigenvalue weighted by Crippen LogP contribution is 2.21. The molecule has 3 nitrogen and oxygen atoms in total. The fourth-order valence-corrected chi connectivity index (χ4v) is 2.69. The topological polar surface area (TPSA) is 41.1 Å². The lowest BCUT2D eigenvalue weighted by molar-refractivity contribution is -0.122. The Morgan fingerprint density at radius 1 is 1.37 bits per heavy atom. The van der Waals surface area contributed by atoms with E-state index in [4.69, 9.17) is 0 Å². The number of nitrogens with one attached hydrogen (secondary N) is 2. The van der Waals surface area contributed by atoms with Gasteiger partial charge in [0.2, 0.25) is 5.91 Å². The van der Waals surface area contributed by atoms with Gasteiger partial charge >= 0.3 is 0 Å². The number of aryl methyl sites for hydroxylation is 1. The predicted molar refractivity (Wildman–Crippen MR) is 82.4 cm³/mol. The summed E-state index contributed by atoms with van der Waals surface area (Å²) >= 11 is 3.48. The quantitative estimate of drug-likeness (QED) is 0.888. The molecule has 104 valence electrons. The van der Waals surface area contributed by atoms with Gasteiger partial charge in [-0.15, -0.1) is 0 Å². The van der Waals surface area contributed by atoms with Crippen LogP contribution in [0, 0.1) is 6.92 Å². The van der Waals surface area contributed by atoms with Gasteiger partial charge in [0.25, 0.3) is 0 Å². The number of halogens is 1.